The summed E-state index contributed by atoms with van der Waals surface area (Å²) in [4.78, 5) is 11.8. The molecule has 7 nitrogen and oxygen atoms in total. The average molecular weight is 330 g/mol. The molecule has 0 saturated heterocycles. The van der Waals surface area contributed by atoms with E-state index < -0.39 is 15.9 Å². The zero-order chi connectivity index (χ0) is 15.5. The third-order valence-electron chi connectivity index (χ3n) is 2.59. The first kappa shape index (κ1) is 15.5. The normalized spacial score (nSPS) is 11.6. The Labute approximate surface area is 126 Å². The van der Waals surface area contributed by atoms with Gasteiger partial charge in [-0.05, 0) is 24.3 Å². The number of sulfonamides is 1. The predicted octanol–water partition coefficient (Wildman–Crippen LogP) is 1.59. The summed E-state index contributed by atoms with van der Waals surface area (Å²) in [6.07, 6.45) is 1.30. The van der Waals surface area contributed by atoms with Gasteiger partial charge in [-0.3, -0.25) is 4.79 Å². The Morgan fingerprint density at radius 3 is 2.57 bits per heavy atom. The smallest absolute Gasteiger partial charge is 0.243 e. The second kappa shape index (κ2) is 6.25. The van der Waals surface area contributed by atoms with Crippen LogP contribution in [-0.4, -0.2) is 37.4 Å². The van der Waals surface area contributed by atoms with Gasteiger partial charge in [0.05, 0.1) is 11.4 Å². The van der Waals surface area contributed by atoms with Gasteiger partial charge in [-0.25, -0.2) is 8.42 Å². The zero-order valence-corrected chi connectivity index (χ0v) is 12.6. The Kier molecular flexibility index (Phi) is 4.61. The minimum Gasteiger partial charge on any atom is -0.363 e. The molecule has 9 heteroatoms. The van der Waals surface area contributed by atoms with Crippen LogP contribution in [0.1, 0.15) is 0 Å². The van der Waals surface area contributed by atoms with Crippen molar-refractivity contribution in [2.75, 3.05) is 18.9 Å². The van der Waals surface area contributed by atoms with Crippen LogP contribution in [0.4, 0.5) is 5.82 Å². The fraction of sp³-hybridized carbons (Fsp3) is 0.167. The van der Waals surface area contributed by atoms with Crippen molar-refractivity contribution in [1.29, 1.82) is 0 Å². The van der Waals surface area contributed by atoms with Gasteiger partial charge in [0.1, 0.15) is 6.26 Å². The topological polar surface area (TPSA) is 92.5 Å². The maximum absolute atomic E-state index is 12.3. The van der Waals surface area contributed by atoms with Gasteiger partial charge in [0, 0.05) is 18.1 Å². The molecule has 0 aliphatic carbocycles. The Morgan fingerprint density at radius 1 is 1.33 bits per heavy atom. The van der Waals surface area contributed by atoms with Gasteiger partial charge in [-0.2, -0.15) is 4.31 Å². The number of rotatable bonds is 5. The van der Waals surface area contributed by atoms with E-state index in [9.17, 15) is 13.2 Å². The number of nitrogens with zero attached hydrogens (tertiary/aromatic N) is 2. The summed E-state index contributed by atoms with van der Waals surface area (Å²) in [6.45, 7) is -0.349. The van der Waals surface area contributed by atoms with Crippen LogP contribution in [0.2, 0.25) is 5.02 Å². The van der Waals surface area contributed by atoms with Crippen molar-refractivity contribution in [3.05, 3.63) is 41.6 Å². The number of benzene rings is 1. The summed E-state index contributed by atoms with van der Waals surface area (Å²) in [7, 11) is -2.45. The molecule has 0 atom stereocenters. The van der Waals surface area contributed by atoms with Gasteiger partial charge < -0.3 is 9.84 Å². The number of hydrogen-bond acceptors (Lipinski definition) is 5. The van der Waals surface area contributed by atoms with Crippen LogP contribution in [0.5, 0.6) is 0 Å². The average Bonchev–Trinajstić information content (AvgIpc) is 2.91. The molecule has 1 heterocycles. The van der Waals surface area contributed by atoms with Crippen molar-refractivity contribution in [3.8, 4) is 0 Å². The molecule has 0 fully saturated rings. The highest BCUT2D eigenvalue weighted by Crippen LogP contribution is 2.17. The molecule has 1 aromatic heterocycles. The Hall–Kier alpha value is -1.90. The number of carbonyl (C=O) groups is 1. The highest BCUT2D eigenvalue weighted by Gasteiger charge is 2.23. The number of hydrogen-bond donors (Lipinski definition) is 1. The number of anilines is 1. The second-order valence-corrected chi connectivity index (χ2v) is 6.63. The molecule has 21 heavy (non-hydrogen) atoms. The van der Waals surface area contributed by atoms with E-state index in [0.717, 1.165) is 4.31 Å². The second-order valence-electron chi connectivity index (χ2n) is 4.15. The Balaban J connectivity index is 2.06. The molecule has 0 aliphatic heterocycles. The summed E-state index contributed by atoms with van der Waals surface area (Å²) in [5.41, 5.74) is 0. The van der Waals surface area contributed by atoms with Gasteiger partial charge >= 0.3 is 0 Å². The van der Waals surface area contributed by atoms with Crippen LogP contribution in [0.25, 0.3) is 0 Å². The van der Waals surface area contributed by atoms with Gasteiger partial charge in [0.2, 0.25) is 15.9 Å². The van der Waals surface area contributed by atoms with E-state index in [1.165, 1.54) is 43.6 Å². The first-order chi connectivity index (χ1) is 9.89. The molecule has 0 aliphatic rings. The largest absolute Gasteiger partial charge is 0.363 e. The summed E-state index contributed by atoms with van der Waals surface area (Å²) < 4.78 is 30.0. The van der Waals surface area contributed by atoms with Crippen LogP contribution in [0.3, 0.4) is 0 Å². The molecule has 2 rings (SSSR count). The lowest BCUT2D eigenvalue weighted by atomic mass is 10.4. The van der Waals surface area contributed by atoms with Gasteiger partial charge in [-0.15, -0.1) is 0 Å². The Bertz CT molecular complexity index is 713. The van der Waals surface area contributed by atoms with Crippen molar-refractivity contribution in [2.24, 2.45) is 0 Å². The third-order valence-corrected chi connectivity index (χ3v) is 4.66. The predicted molar refractivity (Wildman–Crippen MR) is 76.4 cm³/mol. The lowest BCUT2D eigenvalue weighted by Gasteiger charge is -2.16. The number of likely N-dealkylation sites (N-methyl/N-ethyl adjacent to an activating group) is 1. The van der Waals surface area contributed by atoms with Crippen molar-refractivity contribution in [3.63, 3.8) is 0 Å². The van der Waals surface area contributed by atoms with Gasteiger partial charge in [0.15, 0.2) is 5.82 Å². The van der Waals surface area contributed by atoms with Crippen LogP contribution in [0.15, 0.2) is 46.0 Å². The van der Waals surface area contributed by atoms with Crippen LogP contribution in [0, 0.1) is 0 Å². The molecule has 112 valence electrons. The maximum atomic E-state index is 12.3. The molecule has 0 saturated carbocycles. The quantitative estimate of drug-likeness (QED) is 0.899. The molecule has 0 spiro atoms. The van der Waals surface area contributed by atoms with Gasteiger partial charge in [0.25, 0.3) is 0 Å². The molecule has 1 amide bonds. The van der Waals surface area contributed by atoms with E-state index in [0.29, 0.717) is 5.02 Å². The maximum Gasteiger partial charge on any atom is 0.243 e. The van der Waals surface area contributed by atoms with E-state index in [-0.39, 0.29) is 17.3 Å². The van der Waals surface area contributed by atoms with E-state index in [4.69, 9.17) is 11.6 Å². The van der Waals surface area contributed by atoms with Gasteiger partial charge in [-0.1, -0.05) is 16.8 Å². The SMILES string of the molecule is CN(CC(=O)Nc1ccon1)S(=O)(=O)c1ccc(Cl)cc1. The first-order valence-corrected chi connectivity index (χ1v) is 7.63. The van der Waals surface area contributed by atoms with Crippen molar-refractivity contribution >= 4 is 33.3 Å². The van der Waals surface area contributed by atoms with Crippen molar-refractivity contribution < 1.29 is 17.7 Å². The lowest BCUT2D eigenvalue weighted by molar-refractivity contribution is -0.116. The molecule has 0 bridgehead atoms. The summed E-state index contributed by atoms with van der Waals surface area (Å²) in [6, 6.07) is 7.15. The number of amides is 1. The minimum atomic E-state index is -3.76. The van der Waals surface area contributed by atoms with Crippen molar-refractivity contribution in [2.45, 2.75) is 4.90 Å². The minimum absolute atomic E-state index is 0.0589. The molecule has 2 aromatic rings. The highest BCUT2D eigenvalue weighted by molar-refractivity contribution is 7.89. The van der Waals surface area contributed by atoms with Crippen LogP contribution >= 0.6 is 11.6 Å². The lowest BCUT2D eigenvalue weighted by Crippen LogP contribution is -2.35. The van der Waals surface area contributed by atoms with E-state index in [1.807, 2.05) is 0 Å². The molecular weight excluding hydrogens is 318 g/mol. The highest BCUT2D eigenvalue weighted by atomic mass is 35.5. The number of aromatic nitrogens is 1. The molecule has 1 N–H and O–H groups in total. The van der Waals surface area contributed by atoms with Crippen molar-refractivity contribution in [1.82, 2.24) is 9.46 Å². The fourth-order valence-corrected chi connectivity index (χ4v) is 2.79. The number of carbonyl (C=O) groups excluding carboxylic acids is 1. The monoisotopic (exact) mass is 329 g/mol. The van der Waals surface area contributed by atoms with E-state index in [1.54, 1.807) is 0 Å². The summed E-state index contributed by atoms with van der Waals surface area (Å²) in [5.74, 6) is -0.304. The molecular formula is C12H12ClN3O4S. The van der Waals surface area contributed by atoms with E-state index in [2.05, 4.69) is 15.0 Å². The van der Waals surface area contributed by atoms with Crippen LogP contribution in [-0.2, 0) is 14.8 Å². The Morgan fingerprint density at radius 2 is 2.00 bits per heavy atom. The fourth-order valence-electron chi connectivity index (χ4n) is 1.53. The van der Waals surface area contributed by atoms with E-state index >= 15 is 0 Å². The zero-order valence-electron chi connectivity index (χ0n) is 11.0. The standard InChI is InChI=1S/C12H12ClN3O4S/c1-16(8-12(17)14-11-6-7-20-15-11)21(18,19)10-4-2-9(13)3-5-10/h2-7H,8H2,1H3,(H,14,15,17). The first-order valence-electron chi connectivity index (χ1n) is 5.82. The molecule has 1 aromatic carbocycles. The number of nitrogens with one attached hydrogen (secondary N) is 1. The summed E-state index contributed by atoms with van der Waals surface area (Å²) >= 11 is 5.72. The summed E-state index contributed by atoms with van der Waals surface area (Å²) in [5, 5.41) is 6.35. The third kappa shape index (κ3) is 3.81. The molecule has 0 unspecified atom stereocenters. The van der Waals surface area contributed by atoms with Crippen LogP contribution < -0.4 is 5.32 Å². The molecule has 0 radical (unpaired) electrons. The number of halogens is 1.